The number of hydrogen-bond acceptors (Lipinski definition) is 2. The maximum Gasteiger partial charge on any atom is 0.0697 e. The van der Waals surface area contributed by atoms with Gasteiger partial charge in [-0.2, -0.15) is 0 Å². The van der Waals surface area contributed by atoms with E-state index in [1.807, 2.05) is 12.2 Å². The molecule has 0 bridgehead atoms. The first-order chi connectivity index (χ1) is 5.81. The predicted molar refractivity (Wildman–Crippen MR) is 51.0 cm³/mol. The normalized spacial score (nSPS) is 10.4. The van der Waals surface area contributed by atoms with E-state index in [0.29, 0.717) is 13.2 Å². The minimum absolute atomic E-state index is 0.0783. The lowest BCUT2D eigenvalue weighted by atomic mass is 10.2. The van der Waals surface area contributed by atoms with Crippen molar-refractivity contribution in [1.29, 1.82) is 0 Å². The maximum atomic E-state index is 8.40. The minimum atomic E-state index is 0.0783. The molecule has 0 saturated carbocycles. The summed E-state index contributed by atoms with van der Waals surface area (Å²) < 4.78 is 5.06. The SMILES string of the molecule is C=C/C=C\C(=C)CCOCCO. The van der Waals surface area contributed by atoms with E-state index in [2.05, 4.69) is 13.2 Å². The van der Waals surface area contributed by atoms with Crippen LogP contribution in [-0.2, 0) is 4.74 Å². The van der Waals surface area contributed by atoms with Crippen LogP contribution in [0, 0.1) is 0 Å². The van der Waals surface area contributed by atoms with Gasteiger partial charge in [0.2, 0.25) is 0 Å². The van der Waals surface area contributed by atoms with Crippen LogP contribution in [0.2, 0.25) is 0 Å². The Morgan fingerprint density at radius 1 is 1.42 bits per heavy atom. The Morgan fingerprint density at radius 2 is 2.17 bits per heavy atom. The molecule has 0 aliphatic rings. The van der Waals surface area contributed by atoms with Crippen molar-refractivity contribution in [1.82, 2.24) is 0 Å². The van der Waals surface area contributed by atoms with E-state index in [1.165, 1.54) is 0 Å². The van der Waals surface area contributed by atoms with Gasteiger partial charge in [-0.3, -0.25) is 0 Å². The number of rotatable bonds is 7. The summed E-state index contributed by atoms with van der Waals surface area (Å²) in [7, 11) is 0. The fraction of sp³-hybridized carbons (Fsp3) is 0.400. The molecular weight excluding hydrogens is 152 g/mol. The first kappa shape index (κ1) is 11.1. The Hall–Kier alpha value is -0.860. The van der Waals surface area contributed by atoms with Crippen molar-refractivity contribution >= 4 is 0 Å². The molecule has 1 N–H and O–H groups in total. The molecule has 0 spiro atoms. The molecule has 0 radical (unpaired) electrons. The number of hydrogen-bond donors (Lipinski definition) is 1. The molecule has 2 heteroatoms. The van der Waals surface area contributed by atoms with E-state index < -0.39 is 0 Å². The standard InChI is InChI=1S/C10H16O2/c1-3-4-5-10(2)6-8-12-9-7-11/h3-5,11H,1-2,6-9H2/b5-4-. The Morgan fingerprint density at radius 3 is 2.75 bits per heavy atom. The summed E-state index contributed by atoms with van der Waals surface area (Å²) >= 11 is 0. The molecule has 68 valence electrons. The molecule has 0 aromatic rings. The molecule has 0 heterocycles. The van der Waals surface area contributed by atoms with Gasteiger partial charge in [-0.05, 0) is 6.42 Å². The Labute approximate surface area is 73.9 Å². The first-order valence-electron chi connectivity index (χ1n) is 3.96. The van der Waals surface area contributed by atoms with Gasteiger partial charge in [0, 0.05) is 0 Å². The minimum Gasteiger partial charge on any atom is -0.394 e. The van der Waals surface area contributed by atoms with E-state index in [4.69, 9.17) is 9.84 Å². The average molecular weight is 168 g/mol. The molecule has 0 amide bonds. The van der Waals surface area contributed by atoms with Gasteiger partial charge in [-0.25, -0.2) is 0 Å². The van der Waals surface area contributed by atoms with Gasteiger partial charge in [-0.1, -0.05) is 37.0 Å². The van der Waals surface area contributed by atoms with Crippen molar-refractivity contribution in [2.45, 2.75) is 6.42 Å². The smallest absolute Gasteiger partial charge is 0.0697 e. The third-order valence-corrected chi connectivity index (χ3v) is 1.27. The van der Waals surface area contributed by atoms with Crippen LogP contribution in [-0.4, -0.2) is 24.9 Å². The van der Waals surface area contributed by atoms with E-state index in [1.54, 1.807) is 6.08 Å². The summed E-state index contributed by atoms with van der Waals surface area (Å²) in [6, 6.07) is 0. The number of aliphatic hydroxyl groups is 1. The topological polar surface area (TPSA) is 29.5 Å². The highest BCUT2D eigenvalue weighted by Gasteiger charge is 1.89. The largest absolute Gasteiger partial charge is 0.394 e. The summed E-state index contributed by atoms with van der Waals surface area (Å²) in [5, 5.41) is 8.40. The fourth-order valence-corrected chi connectivity index (χ4v) is 0.657. The Bertz CT molecular complexity index is 159. The van der Waals surface area contributed by atoms with Gasteiger partial charge < -0.3 is 9.84 Å². The maximum absolute atomic E-state index is 8.40. The second kappa shape index (κ2) is 8.24. The lowest BCUT2D eigenvalue weighted by molar-refractivity contribution is 0.0948. The van der Waals surface area contributed by atoms with Crippen molar-refractivity contribution in [3.8, 4) is 0 Å². The van der Waals surface area contributed by atoms with Gasteiger partial charge >= 0.3 is 0 Å². The zero-order valence-corrected chi connectivity index (χ0v) is 7.33. The highest BCUT2D eigenvalue weighted by molar-refractivity contribution is 5.17. The van der Waals surface area contributed by atoms with Crippen LogP contribution in [0.15, 0.2) is 37.0 Å². The summed E-state index contributed by atoms with van der Waals surface area (Å²) in [6.07, 6.45) is 6.24. The molecule has 0 aromatic carbocycles. The van der Waals surface area contributed by atoms with Gasteiger partial charge in [0.1, 0.15) is 0 Å². The second-order valence-electron chi connectivity index (χ2n) is 2.34. The molecule has 0 rings (SSSR count). The van der Waals surface area contributed by atoms with Gasteiger partial charge in [0.25, 0.3) is 0 Å². The highest BCUT2D eigenvalue weighted by Crippen LogP contribution is 1.99. The molecule has 0 aromatic heterocycles. The molecule has 12 heavy (non-hydrogen) atoms. The van der Waals surface area contributed by atoms with Crippen LogP contribution < -0.4 is 0 Å². The molecule has 2 nitrogen and oxygen atoms in total. The fourth-order valence-electron chi connectivity index (χ4n) is 0.657. The van der Waals surface area contributed by atoms with Crippen LogP contribution in [0.25, 0.3) is 0 Å². The second-order valence-corrected chi connectivity index (χ2v) is 2.34. The van der Waals surface area contributed by atoms with Crippen molar-refractivity contribution in [2.75, 3.05) is 19.8 Å². The monoisotopic (exact) mass is 168 g/mol. The van der Waals surface area contributed by atoms with Crippen LogP contribution in [0.5, 0.6) is 0 Å². The lowest BCUT2D eigenvalue weighted by Crippen LogP contribution is -2.00. The molecular formula is C10H16O2. The van der Waals surface area contributed by atoms with Crippen molar-refractivity contribution in [2.24, 2.45) is 0 Å². The van der Waals surface area contributed by atoms with E-state index in [0.717, 1.165) is 12.0 Å². The number of ether oxygens (including phenoxy) is 1. The quantitative estimate of drug-likeness (QED) is 0.463. The summed E-state index contributed by atoms with van der Waals surface area (Å²) in [5.41, 5.74) is 1.01. The van der Waals surface area contributed by atoms with Crippen LogP contribution in [0.4, 0.5) is 0 Å². The molecule has 0 fully saturated rings. The van der Waals surface area contributed by atoms with Crippen LogP contribution in [0.1, 0.15) is 6.42 Å². The molecule has 0 atom stereocenters. The Kier molecular flexibility index (Phi) is 7.65. The third-order valence-electron chi connectivity index (χ3n) is 1.27. The van der Waals surface area contributed by atoms with Crippen molar-refractivity contribution < 1.29 is 9.84 Å². The van der Waals surface area contributed by atoms with Gasteiger partial charge in [0.05, 0.1) is 19.8 Å². The average Bonchev–Trinajstić information content (AvgIpc) is 2.09. The van der Waals surface area contributed by atoms with Gasteiger partial charge in [-0.15, -0.1) is 0 Å². The van der Waals surface area contributed by atoms with E-state index in [-0.39, 0.29) is 6.61 Å². The molecule has 0 aliphatic heterocycles. The van der Waals surface area contributed by atoms with Crippen LogP contribution in [0.3, 0.4) is 0 Å². The summed E-state index contributed by atoms with van der Waals surface area (Å²) in [5.74, 6) is 0. The zero-order chi connectivity index (χ0) is 9.23. The zero-order valence-electron chi connectivity index (χ0n) is 7.33. The van der Waals surface area contributed by atoms with E-state index >= 15 is 0 Å². The molecule has 0 unspecified atom stereocenters. The van der Waals surface area contributed by atoms with Gasteiger partial charge in [0.15, 0.2) is 0 Å². The Balaban J connectivity index is 3.31. The summed E-state index contributed by atoms with van der Waals surface area (Å²) in [6.45, 7) is 8.45. The lowest BCUT2D eigenvalue weighted by Gasteiger charge is -2.00. The third kappa shape index (κ3) is 7.25. The van der Waals surface area contributed by atoms with E-state index in [9.17, 15) is 0 Å². The van der Waals surface area contributed by atoms with Crippen molar-refractivity contribution in [3.05, 3.63) is 37.0 Å². The molecule has 0 aliphatic carbocycles. The van der Waals surface area contributed by atoms with Crippen LogP contribution >= 0.6 is 0 Å². The summed E-state index contributed by atoms with van der Waals surface area (Å²) in [4.78, 5) is 0. The number of aliphatic hydroxyl groups excluding tert-OH is 1. The van der Waals surface area contributed by atoms with Crippen molar-refractivity contribution in [3.63, 3.8) is 0 Å². The molecule has 0 saturated heterocycles. The number of allylic oxidation sites excluding steroid dienone is 3. The first-order valence-corrected chi connectivity index (χ1v) is 3.96. The highest BCUT2D eigenvalue weighted by atomic mass is 16.5. The predicted octanol–water partition coefficient (Wildman–Crippen LogP) is 1.68.